The molecule has 17 heavy (non-hydrogen) atoms. The summed E-state index contributed by atoms with van der Waals surface area (Å²) >= 11 is 0. The van der Waals surface area contributed by atoms with Crippen LogP contribution in [0, 0.1) is 0 Å². The largest absolute Gasteiger partial charge is 0.376 e. The maximum absolute atomic E-state index is 10.4. The first-order valence-electron chi connectivity index (χ1n) is 5.73. The minimum atomic E-state index is -1.02. The van der Waals surface area contributed by atoms with E-state index in [-0.39, 0.29) is 19.1 Å². The van der Waals surface area contributed by atoms with Gasteiger partial charge in [0.1, 0.15) is 12.5 Å². The van der Waals surface area contributed by atoms with Crippen molar-refractivity contribution in [3.8, 4) is 0 Å². The predicted molar refractivity (Wildman–Crippen MR) is 62.7 cm³/mol. The summed E-state index contributed by atoms with van der Waals surface area (Å²) in [6, 6.07) is 0. The Morgan fingerprint density at radius 1 is 1.24 bits per heavy atom. The summed E-state index contributed by atoms with van der Waals surface area (Å²) in [7, 11) is 0. The van der Waals surface area contributed by atoms with Crippen LogP contribution < -0.4 is 16.8 Å². The van der Waals surface area contributed by atoms with Gasteiger partial charge in [0.2, 0.25) is 5.91 Å². The van der Waals surface area contributed by atoms with Gasteiger partial charge in [0, 0.05) is 6.42 Å². The Morgan fingerprint density at radius 3 is 2.53 bits per heavy atom. The van der Waals surface area contributed by atoms with E-state index >= 15 is 0 Å². The molecule has 7 heteroatoms. The molecule has 1 amide bonds. The fourth-order valence-corrected chi connectivity index (χ4v) is 1.23. The SMILES string of the molecule is NC(=O)CCCCCN[C@@H](O)COC[C@H](N)O. The number of hydrogen-bond acceptors (Lipinski definition) is 6. The molecule has 0 aliphatic carbocycles. The monoisotopic (exact) mass is 249 g/mol. The van der Waals surface area contributed by atoms with Crippen LogP contribution in [0.3, 0.4) is 0 Å². The zero-order valence-corrected chi connectivity index (χ0v) is 9.97. The molecule has 102 valence electrons. The van der Waals surface area contributed by atoms with E-state index in [2.05, 4.69) is 5.32 Å². The lowest BCUT2D eigenvalue weighted by atomic mass is 10.2. The first-order chi connectivity index (χ1) is 8.02. The molecule has 0 saturated carbocycles. The average molecular weight is 249 g/mol. The quantitative estimate of drug-likeness (QED) is 0.218. The highest BCUT2D eigenvalue weighted by Gasteiger charge is 2.04. The van der Waals surface area contributed by atoms with E-state index in [1.165, 1.54) is 0 Å². The van der Waals surface area contributed by atoms with Crippen molar-refractivity contribution < 1.29 is 19.7 Å². The number of nitrogens with two attached hydrogens (primary N) is 2. The molecule has 7 nitrogen and oxygen atoms in total. The van der Waals surface area contributed by atoms with Crippen molar-refractivity contribution in [2.24, 2.45) is 11.5 Å². The number of ether oxygens (including phenoxy) is 1. The molecule has 0 aromatic carbocycles. The van der Waals surface area contributed by atoms with Crippen LogP contribution in [-0.2, 0) is 9.53 Å². The summed E-state index contributed by atoms with van der Waals surface area (Å²) in [5.41, 5.74) is 10.0. The van der Waals surface area contributed by atoms with Gasteiger partial charge in [-0.25, -0.2) is 0 Å². The zero-order chi connectivity index (χ0) is 13.1. The van der Waals surface area contributed by atoms with Gasteiger partial charge in [-0.2, -0.15) is 0 Å². The van der Waals surface area contributed by atoms with Crippen molar-refractivity contribution in [1.82, 2.24) is 5.32 Å². The van der Waals surface area contributed by atoms with Crippen LogP contribution >= 0.6 is 0 Å². The third-order valence-electron chi connectivity index (χ3n) is 2.04. The Labute approximate surface area is 101 Å². The number of amides is 1. The number of carbonyl (C=O) groups is 1. The lowest BCUT2D eigenvalue weighted by Crippen LogP contribution is -2.36. The number of nitrogens with one attached hydrogen (secondary N) is 1. The summed E-state index contributed by atoms with van der Waals surface area (Å²) in [5, 5.41) is 20.9. The van der Waals surface area contributed by atoms with Gasteiger partial charge in [0.05, 0.1) is 13.2 Å². The Hall–Kier alpha value is -0.730. The summed E-state index contributed by atoms with van der Waals surface area (Å²) < 4.78 is 4.92. The summed E-state index contributed by atoms with van der Waals surface area (Å²) in [6.45, 7) is 0.710. The van der Waals surface area contributed by atoms with Gasteiger partial charge in [0.15, 0.2) is 0 Å². The van der Waals surface area contributed by atoms with Gasteiger partial charge in [0.25, 0.3) is 0 Å². The van der Waals surface area contributed by atoms with Gasteiger partial charge in [-0.1, -0.05) is 6.42 Å². The standard InChI is InChI=1S/C10H23N3O4/c11-8(14)4-2-1-3-5-13-10(16)7-17-6-9(12)15/h9-10,13,15-16H,1-7,12H2,(H2,11,14)/t9-,10+/m1/s1. The molecule has 0 unspecified atom stereocenters. The molecular formula is C10H23N3O4. The molecule has 0 fully saturated rings. The second-order valence-corrected chi connectivity index (χ2v) is 3.85. The van der Waals surface area contributed by atoms with Crippen LogP contribution in [0.25, 0.3) is 0 Å². The second-order valence-electron chi connectivity index (χ2n) is 3.85. The number of primary amides is 1. The number of rotatable bonds is 11. The highest BCUT2D eigenvalue weighted by molar-refractivity contribution is 5.73. The highest BCUT2D eigenvalue weighted by atomic mass is 16.5. The number of aliphatic hydroxyl groups excluding tert-OH is 2. The molecule has 2 atom stereocenters. The normalized spacial score (nSPS) is 14.5. The van der Waals surface area contributed by atoms with Crippen LogP contribution in [0.1, 0.15) is 25.7 Å². The minimum absolute atomic E-state index is 0.00263. The van der Waals surface area contributed by atoms with Crippen LogP contribution in [-0.4, -0.2) is 48.3 Å². The van der Waals surface area contributed by atoms with Crippen LogP contribution in [0.5, 0.6) is 0 Å². The van der Waals surface area contributed by atoms with E-state index in [0.717, 1.165) is 19.3 Å². The molecule has 0 heterocycles. The fourth-order valence-electron chi connectivity index (χ4n) is 1.23. The summed E-state index contributed by atoms with van der Waals surface area (Å²) in [5.74, 6) is -0.285. The van der Waals surface area contributed by atoms with E-state index in [0.29, 0.717) is 13.0 Å². The molecule has 0 bridgehead atoms. The van der Waals surface area contributed by atoms with Crippen LogP contribution in [0.4, 0.5) is 0 Å². The third kappa shape index (κ3) is 13.2. The molecule has 0 aromatic heterocycles. The summed E-state index contributed by atoms with van der Waals surface area (Å²) in [4.78, 5) is 10.4. The Morgan fingerprint density at radius 2 is 1.94 bits per heavy atom. The predicted octanol–water partition coefficient (Wildman–Crippen LogP) is -1.77. The first-order valence-corrected chi connectivity index (χ1v) is 5.73. The van der Waals surface area contributed by atoms with E-state index in [1.54, 1.807) is 0 Å². The van der Waals surface area contributed by atoms with Gasteiger partial charge in [-0.3, -0.25) is 10.1 Å². The van der Waals surface area contributed by atoms with E-state index in [9.17, 15) is 9.90 Å². The summed E-state index contributed by atoms with van der Waals surface area (Å²) in [6.07, 6.45) is 1.11. The zero-order valence-electron chi connectivity index (χ0n) is 9.97. The molecule has 0 aliphatic heterocycles. The molecule has 0 radical (unpaired) electrons. The van der Waals surface area contributed by atoms with Crippen molar-refractivity contribution in [2.45, 2.75) is 38.1 Å². The van der Waals surface area contributed by atoms with Crippen molar-refractivity contribution in [3.63, 3.8) is 0 Å². The highest BCUT2D eigenvalue weighted by Crippen LogP contribution is 1.98. The van der Waals surface area contributed by atoms with Gasteiger partial charge in [-0.15, -0.1) is 0 Å². The molecule has 0 spiro atoms. The van der Waals surface area contributed by atoms with Gasteiger partial charge in [-0.05, 0) is 19.4 Å². The number of unbranched alkanes of at least 4 members (excludes halogenated alkanes) is 2. The van der Waals surface area contributed by atoms with Crippen molar-refractivity contribution in [1.29, 1.82) is 0 Å². The molecule has 0 aromatic rings. The fraction of sp³-hybridized carbons (Fsp3) is 0.900. The van der Waals surface area contributed by atoms with Crippen molar-refractivity contribution >= 4 is 5.91 Å². The van der Waals surface area contributed by atoms with Crippen LogP contribution in [0.2, 0.25) is 0 Å². The van der Waals surface area contributed by atoms with Crippen LogP contribution in [0.15, 0.2) is 0 Å². The van der Waals surface area contributed by atoms with Crippen molar-refractivity contribution in [2.75, 3.05) is 19.8 Å². The Balaban J connectivity index is 3.21. The average Bonchev–Trinajstić information content (AvgIpc) is 2.22. The molecule has 7 N–H and O–H groups in total. The topological polar surface area (TPSA) is 131 Å². The third-order valence-corrected chi connectivity index (χ3v) is 2.04. The number of aliphatic hydroxyl groups is 2. The maximum Gasteiger partial charge on any atom is 0.217 e. The molecule has 0 aliphatic rings. The molecule has 0 rings (SSSR count). The Kier molecular flexibility index (Phi) is 9.98. The first kappa shape index (κ1) is 16.3. The van der Waals surface area contributed by atoms with Crippen molar-refractivity contribution in [3.05, 3.63) is 0 Å². The van der Waals surface area contributed by atoms with E-state index < -0.39 is 12.5 Å². The number of carbonyl (C=O) groups excluding carboxylic acids is 1. The minimum Gasteiger partial charge on any atom is -0.376 e. The smallest absolute Gasteiger partial charge is 0.217 e. The molecular weight excluding hydrogens is 226 g/mol. The van der Waals surface area contributed by atoms with E-state index in [4.69, 9.17) is 21.3 Å². The molecule has 0 saturated heterocycles. The Bertz CT molecular complexity index is 202. The maximum atomic E-state index is 10.4. The van der Waals surface area contributed by atoms with Gasteiger partial charge >= 0.3 is 0 Å². The lowest BCUT2D eigenvalue weighted by molar-refractivity contribution is -0.118. The van der Waals surface area contributed by atoms with Gasteiger partial charge < -0.3 is 26.4 Å². The van der Waals surface area contributed by atoms with E-state index in [1.807, 2.05) is 0 Å². The number of hydrogen-bond donors (Lipinski definition) is 5. The second kappa shape index (κ2) is 10.4. The lowest BCUT2D eigenvalue weighted by Gasteiger charge is -2.13.